The standard InChI is InChI=1S/C33H29F3N5O3S.C6H13NO2.BrH/c1-19-9-24(10-20(2)31(19)44-22(4)42)14-40-17-38-41(18-40)16-33(43,26-11-28(35)29(36)12-27(26)34)21(3)32-39-30(15-45-32)25-7-5-23(13-37)6-8-25;1-6(2,3)9-5(8)7-4;/h5-12,15,17-18,21,43H,14,16H2,1-4H3;1-4H3,(H,7,8);1H/q+1;;/p-1. The van der Waals surface area contributed by atoms with Gasteiger partial charge in [-0.2, -0.15) is 5.26 Å². The maximum Gasteiger partial charge on any atom is 0.407 e. The van der Waals surface area contributed by atoms with Crippen LogP contribution in [0, 0.1) is 42.6 Å². The number of nitrogens with one attached hydrogen (secondary N) is 1. The highest BCUT2D eigenvalue weighted by Gasteiger charge is 2.44. The Hall–Kier alpha value is -5.11. The molecule has 2 N–H and O–H groups in total. The van der Waals surface area contributed by atoms with Crippen LogP contribution in [0.2, 0.25) is 0 Å². The monoisotopic (exact) mass is 842 g/mol. The van der Waals surface area contributed by atoms with Crippen molar-refractivity contribution in [1.82, 2.24) is 20.1 Å². The number of hydrogen-bond acceptors (Lipinski definition) is 9. The van der Waals surface area contributed by atoms with Crippen molar-refractivity contribution in [2.75, 3.05) is 7.05 Å². The number of aliphatic hydroxyl groups is 1. The van der Waals surface area contributed by atoms with E-state index in [2.05, 4.69) is 21.5 Å². The van der Waals surface area contributed by atoms with Crippen molar-refractivity contribution in [1.29, 1.82) is 5.26 Å². The Morgan fingerprint density at radius 2 is 1.67 bits per heavy atom. The van der Waals surface area contributed by atoms with E-state index in [1.165, 1.54) is 36.3 Å². The van der Waals surface area contributed by atoms with Gasteiger partial charge in [-0.25, -0.2) is 27.5 Å². The lowest BCUT2D eigenvalue weighted by Gasteiger charge is -2.32. The Morgan fingerprint density at radius 3 is 2.22 bits per heavy atom. The highest BCUT2D eigenvalue weighted by molar-refractivity contribution is 7.10. The molecule has 0 fully saturated rings. The van der Waals surface area contributed by atoms with E-state index >= 15 is 4.39 Å². The first-order valence-corrected chi connectivity index (χ1v) is 17.7. The van der Waals surface area contributed by atoms with Gasteiger partial charge >= 0.3 is 12.1 Å². The molecule has 2 aromatic heterocycles. The summed E-state index contributed by atoms with van der Waals surface area (Å²) in [6.07, 6.45) is 2.76. The molecule has 0 bridgehead atoms. The molecule has 2 unspecified atom stereocenters. The van der Waals surface area contributed by atoms with E-state index < -0.39 is 40.5 Å². The topological polar surface area (TPSA) is 143 Å². The van der Waals surface area contributed by atoms with Crippen molar-refractivity contribution < 1.29 is 58.9 Å². The van der Waals surface area contributed by atoms with Crippen LogP contribution >= 0.6 is 11.3 Å². The molecule has 0 aliphatic rings. The molecule has 5 rings (SSSR count). The summed E-state index contributed by atoms with van der Waals surface area (Å²) in [7, 11) is 1.54. The molecule has 0 saturated carbocycles. The molecule has 0 aliphatic carbocycles. The lowest BCUT2D eigenvalue weighted by Crippen LogP contribution is -3.00. The minimum absolute atomic E-state index is 0. The molecule has 1 amide bonds. The van der Waals surface area contributed by atoms with E-state index in [4.69, 9.17) is 14.7 Å². The number of amides is 1. The lowest BCUT2D eigenvalue weighted by atomic mass is 9.82. The van der Waals surface area contributed by atoms with Crippen molar-refractivity contribution in [2.24, 2.45) is 0 Å². The number of carbonyl (C=O) groups is 2. The van der Waals surface area contributed by atoms with Gasteiger partial charge in [-0.05, 0) is 81.6 Å². The number of benzene rings is 3. The van der Waals surface area contributed by atoms with Crippen molar-refractivity contribution in [3.8, 4) is 23.1 Å². The molecule has 0 aliphatic heterocycles. The fraction of sp³-hybridized carbons (Fsp3) is 0.333. The summed E-state index contributed by atoms with van der Waals surface area (Å²) in [6, 6.07) is 13.7. The smallest absolute Gasteiger partial charge is 0.407 e. The maximum atomic E-state index is 15.3. The average Bonchev–Trinajstić information content (AvgIpc) is 3.77. The minimum Gasteiger partial charge on any atom is -1.00 e. The molecule has 0 spiro atoms. The zero-order valence-corrected chi connectivity index (χ0v) is 34.0. The van der Waals surface area contributed by atoms with Gasteiger partial charge in [-0.15, -0.1) is 16.0 Å². The van der Waals surface area contributed by atoms with E-state index in [0.717, 1.165) is 22.3 Å². The van der Waals surface area contributed by atoms with Crippen LogP contribution in [0.25, 0.3) is 11.3 Å². The summed E-state index contributed by atoms with van der Waals surface area (Å²) in [6.45, 7) is 12.2. The highest BCUT2D eigenvalue weighted by Crippen LogP contribution is 2.42. The van der Waals surface area contributed by atoms with Gasteiger partial charge in [0, 0.05) is 47.6 Å². The number of alkyl carbamates (subject to hydrolysis) is 1. The first kappa shape index (κ1) is 44.3. The molecule has 0 radical (unpaired) electrons. The predicted octanol–water partition coefficient (Wildman–Crippen LogP) is 4.01. The molecule has 0 saturated heterocycles. The van der Waals surface area contributed by atoms with E-state index in [0.29, 0.717) is 40.7 Å². The van der Waals surface area contributed by atoms with Crippen LogP contribution in [0.1, 0.15) is 73.4 Å². The van der Waals surface area contributed by atoms with Gasteiger partial charge in [-0.1, -0.05) is 19.1 Å². The van der Waals surface area contributed by atoms with Crippen molar-refractivity contribution in [2.45, 2.75) is 78.7 Å². The van der Waals surface area contributed by atoms with Crippen LogP contribution in [0.15, 0.2) is 66.6 Å². The third-order valence-electron chi connectivity index (χ3n) is 8.16. The number of esters is 1. The van der Waals surface area contributed by atoms with Crippen LogP contribution in [0.4, 0.5) is 18.0 Å². The second-order valence-corrected chi connectivity index (χ2v) is 14.6. The SMILES string of the molecule is CC(=O)Oc1c(C)cc(C[n+]2cnn(CC(O)(c3cc(F)c(F)cc3F)C(C)c3nc(-c4ccc(C#N)cc4)cs3)c2)cc1C.CNC(=O)OC(C)(C)C.[Br-]. The molecule has 2 atom stereocenters. The third kappa shape index (κ3) is 11.5. The normalized spacial score (nSPS) is 12.6. The summed E-state index contributed by atoms with van der Waals surface area (Å²) >= 11 is 1.23. The summed E-state index contributed by atoms with van der Waals surface area (Å²) in [5.41, 5.74) is 1.38. The summed E-state index contributed by atoms with van der Waals surface area (Å²) in [5, 5.41) is 30.2. The zero-order chi connectivity index (χ0) is 40.0. The predicted molar refractivity (Wildman–Crippen MR) is 195 cm³/mol. The van der Waals surface area contributed by atoms with Crippen LogP contribution in [-0.4, -0.2) is 44.6 Å². The third-order valence-corrected chi connectivity index (χ3v) is 9.19. The number of aromatic nitrogens is 4. The number of carbonyl (C=O) groups excluding carboxylic acids is 2. The number of rotatable bonds is 9. The van der Waals surface area contributed by atoms with Crippen molar-refractivity contribution in [3.05, 3.63) is 117 Å². The molecular formula is C39H42BrF3N6O5S. The number of nitriles is 1. The second-order valence-electron chi connectivity index (χ2n) is 13.7. The average molecular weight is 844 g/mol. The first-order chi connectivity index (χ1) is 25.3. The molecule has 292 valence electrons. The van der Waals surface area contributed by atoms with E-state index in [-0.39, 0.29) is 35.2 Å². The molecule has 16 heteroatoms. The summed E-state index contributed by atoms with van der Waals surface area (Å²) < 4.78 is 56.9. The van der Waals surface area contributed by atoms with E-state index in [9.17, 15) is 23.5 Å². The lowest BCUT2D eigenvalue weighted by molar-refractivity contribution is -0.689. The minimum atomic E-state index is -2.10. The zero-order valence-electron chi connectivity index (χ0n) is 31.6. The fourth-order valence-corrected chi connectivity index (χ4v) is 6.57. The van der Waals surface area contributed by atoms with Crippen LogP contribution < -0.4 is 31.6 Å². The van der Waals surface area contributed by atoms with Crippen LogP contribution in [-0.2, 0) is 28.2 Å². The molecule has 11 nitrogen and oxygen atoms in total. The number of hydrogen-bond donors (Lipinski definition) is 2. The van der Waals surface area contributed by atoms with Gasteiger partial charge in [0.2, 0.25) is 6.33 Å². The maximum absolute atomic E-state index is 15.3. The highest BCUT2D eigenvalue weighted by atomic mass is 79.9. The second kappa shape index (κ2) is 18.5. The first-order valence-electron chi connectivity index (χ1n) is 16.8. The Bertz CT molecular complexity index is 2160. The van der Waals surface area contributed by atoms with Gasteiger partial charge in [-0.3, -0.25) is 4.79 Å². The number of halogens is 4. The van der Waals surface area contributed by atoms with Crippen LogP contribution in [0.3, 0.4) is 0 Å². The van der Waals surface area contributed by atoms with Gasteiger partial charge in [0.05, 0.1) is 28.9 Å². The van der Waals surface area contributed by atoms with Gasteiger partial charge in [0.25, 0.3) is 6.33 Å². The number of nitrogens with zero attached hydrogens (tertiary/aromatic N) is 5. The van der Waals surface area contributed by atoms with E-state index in [1.807, 2.05) is 46.8 Å². The Balaban J connectivity index is 0.000000723. The number of ether oxygens (including phenoxy) is 2. The summed E-state index contributed by atoms with van der Waals surface area (Å²) in [4.78, 5) is 26.6. The van der Waals surface area contributed by atoms with Gasteiger partial charge < -0.3 is 36.9 Å². The largest absolute Gasteiger partial charge is 1.00 e. The Labute approximate surface area is 332 Å². The van der Waals surface area contributed by atoms with Gasteiger partial charge in [0.15, 0.2) is 11.6 Å². The Kier molecular flexibility index (Phi) is 14.9. The molecule has 2 heterocycles. The Morgan fingerprint density at radius 1 is 1.05 bits per heavy atom. The van der Waals surface area contributed by atoms with Crippen LogP contribution in [0.5, 0.6) is 5.75 Å². The van der Waals surface area contributed by atoms with Crippen molar-refractivity contribution in [3.63, 3.8) is 0 Å². The number of aryl methyl sites for hydroxylation is 2. The quantitative estimate of drug-likeness (QED) is 0.0982. The molecule has 55 heavy (non-hydrogen) atoms. The molecular weight excluding hydrogens is 801 g/mol. The molecule has 5 aromatic rings. The van der Waals surface area contributed by atoms with Crippen molar-refractivity contribution >= 4 is 23.4 Å². The van der Waals surface area contributed by atoms with E-state index in [1.54, 1.807) is 47.5 Å². The summed E-state index contributed by atoms with van der Waals surface area (Å²) in [5.74, 6) is -4.56. The fourth-order valence-electron chi connectivity index (χ4n) is 5.60. The molecule has 3 aromatic carbocycles. The van der Waals surface area contributed by atoms with Gasteiger partial charge in [0.1, 0.15) is 29.3 Å². The number of thiazole rings is 1.